The second kappa shape index (κ2) is 6.35. The summed E-state index contributed by atoms with van der Waals surface area (Å²) < 4.78 is 1.12. The molecule has 1 fully saturated rings. The largest absolute Gasteiger partial charge is 0.326 e. The molecule has 2 N–H and O–H groups in total. The van der Waals surface area contributed by atoms with Gasteiger partial charge in [0.1, 0.15) is 0 Å². The van der Waals surface area contributed by atoms with Crippen molar-refractivity contribution < 1.29 is 0 Å². The smallest absolute Gasteiger partial charge is 0.0500 e. The monoisotopic (exact) mass is 325 g/mol. The molecule has 1 heterocycles. The van der Waals surface area contributed by atoms with Crippen LogP contribution in [0.4, 0.5) is 0 Å². The van der Waals surface area contributed by atoms with Crippen molar-refractivity contribution in [3.05, 3.63) is 34.3 Å². The first-order valence-electron chi connectivity index (χ1n) is 6.94. The number of hydrogen-bond donors (Lipinski definition) is 1. The van der Waals surface area contributed by atoms with E-state index in [1.165, 1.54) is 5.56 Å². The van der Waals surface area contributed by atoms with Crippen LogP contribution in [0.2, 0.25) is 0 Å². The second-order valence-corrected chi connectivity index (χ2v) is 6.62. The summed E-state index contributed by atoms with van der Waals surface area (Å²) in [6, 6.07) is 9.49. The Balaban J connectivity index is 2.25. The van der Waals surface area contributed by atoms with Crippen LogP contribution in [0.25, 0.3) is 0 Å². The van der Waals surface area contributed by atoms with Gasteiger partial charge in [-0.25, -0.2) is 0 Å². The molecule has 0 amide bonds. The highest BCUT2D eigenvalue weighted by atomic mass is 79.9. The van der Waals surface area contributed by atoms with Crippen LogP contribution in [0, 0.1) is 0 Å². The normalized spacial score (nSPS) is 25.2. The van der Waals surface area contributed by atoms with E-state index in [1.54, 1.807) is 0 Å². The Kier molecular flexibility index (Phi) is 5.01. The number of nitrogens with two attached hydrogens (primary N) is 1. The van der Waals surface area contributed by atoms with Gasteiger partial charge in [-0.3, -0.25) is 4.90 Å². The lowest BCUT2D eigenvalue weighted by molar-refractivity contribution is 0.0521. The lowest BCUT2D eigenvalue weighted by atomic mass is 9.96. The lowest BCUT2D eigenvalue weighted by Gasteiger charge is -2.44. The summed E-state index contributed by atoms with van der Waals surface area (Å²) in [7, 11) is 2.19. The molecule has 3 atom stereocenters. The Hall–Kier alpha value is -0.420. The highest BCUT2D eigenvalue weighted by Gasteiger charge is 2.31. The zero-order chi connectivity index (χ0) is 14.0. The van der Waals surface area contributed by atoms with Crippen molar-refractivity contribution in [3.8, 4) is 0 Å². The van der Waals surface area contributed by atoms with Crippen LogP contribution in [-0.2, 0) is 0 Å². The first kappa shape index (κ1) is 15.0. The van der Waals surface area contributed by atoms with Crippen molar-refractivity contribution in [1.82, 2.24) is 9.80 Å². The first-order valence-corrected chi connectivity index (χ1v) is 7.73. The molecule has 1 aliphatic heterocycles. The Labute approximate surface area is 124 Å². The topological polar surface area (TPSA) is 32.5 Å². The minimum Gasteiger partial charge on any atom is -0.326 e. The summed E-state index contributed by atoms with van der Waals surface area (Å²) >= 11 is 3.56. The molecule has 1 saturated heterocycles. The molecule has 19 heavy (non-hydrogen) atoms. The zero-order valence-corrected chi connectivity index (χ0v) is 13.6. The van der Waals surface area contributed by atoms with Crippen molar-refractivity contribution in [2.24, 2.45) is 5.73 Å². The number of halogens is 1. The third-order valence-electron chi connectivity index (χ3n) is 3.93. The molecule has 106 valence electrons. The van der Waals surface area contributed by atoms with Crippen molar-refractivity contribution in [2.45, 2.75) is 32.0 Å². The van der Waals surface area contributed by atoms with Crippen LogP contribution < -0.4 is 5.73 Å². The van der Waals surface area contributed by atoms with Crippen molar-refractivity contribution in [3.63, 3.8) is 0 Å². The molecule has 1 aliphatic rings. The molecule has 1 aromatic carbocycles. The number of likely N-dealkylation sites (N-methyl/N-ethyl adjacent to an activating group) is 1. The molecule has 1 aromatic rings. The van der Waals surface area contributed by atoms with Gasteiger partial charge in [0, 0.05) is 36.2 Å². The van der Waals surface area contributed by atoms with E-state index in [0.29, 0.717) is 12.1 Å². The van der Waals surface area contributed by atoms with Crippen molar-refractivity contribution >= 4 is 15.9 Å². The SMILES string of the molecule is CC(N)C(c1cccc(Br)c1)N1CCN(C)CC1C. The second-order valence-electron chi connectivity index (χ2n) is 5.71. The van der Waals surface area contributed by atoms with E-state index in [2.05, 4.69) is 70.9 Å². The van der Waals surface area contributed by atoms with E-state index in [1.807, 2.05) is 0 Å². The van der Waals surface area contributed by atoms with Gasteiger partial charge in [0.15, 0.2) is 0 Å². The van der Waals surface area contributed by atoms with Crippen molar-refractivity contribution in [1.29, 1.82) is 0 Å². The lowest BCUT2D eigenvalue weighted by Crippen LogP contribution is -2.54. The van der Waals surface area contributed by atoms with E-state index in [0.717, 1.165) is 24.1 Å². The zero-order valence-electron chi connectivity index (χ0n) is 12.0. The minimum atomic E-state index is 0.125. The Bertz CT molecular complexity index is 422. The Morgan fingerprint density at radius 1 is 1.37 bits per heavy atom. The van der Waals surface area contributed by atoms with Crippen LogP contribution in [0.1, 0.15) is 25.5 Å². The van der Waals surface area contributed by atoms with E-state index in [4.69, 9.17) is 5.73 Å². The predicted octanol–water partition coefficient (Wildman–Crippen LogP) is 2.47. The molecule has 2 rings (SSSR count). The maximum absolute atomic E-state index is 6.28. The third-order valence-corrected chi connectivity index (χ3v) is 4.42. The van der Waals surface area contributed by atoms with Crippen LogP contribution in [0.5, 0.6) is 0 Å². The molecular weight excluding hydrogens is 302 g/mol. The summed E-state index contributed by atoms with van der Waals surface area (Å²) in [4.78, 5) is 4.94. The average molecular weight is 326 g/mol. The number of nitrogens with zero attached hydrogens (tertiary/aromatic N) is 2. The molecule has 0 spiro atoms. The maximum Gasteiger partial charge on any atom is 0.0500 e. The number of rotatable bonds is 3. The summed E-state index contributed by atoms with van der Waals surface area (Å²) in [6.45, 7) is 7.70. The number of piperazine rings is 1. The Morgan fingerprint density at radius 2 is 2.11 bits per heavy atom. The van der Waals surface area contributed by atoms with E-state index in [-0.39, 0.29) is 6.04 Å². The molecule has 0 aromatic heterocycles. The summed E-state index contributed by atoms with van der Waals surface area (Å²) in [6.07, 6.45) is 0. The fourth-order valence-corrected chi connectivity index (χ4v) is 3.47. The standard InChI is InChI=1S/C15H24BrN3/c1-11-10-18(3)7-8-19(11)15(12(2)17)13-5-4-6-14(16)9-13/h4-6,9,11-12,15H,7-8,10,17H2,1-3H3. The summed E-state index contributed by atoms with van der Waals surface area (Å²) in [5.74, 6) is 0. The van der Waals surface area contributed by atoms with Crippen LogP contribution in [0.3, 0.4) is 0 Å². The fourth-order valence-electron chi connectivity index (χ4n) is 3.05. The van der Waals surface area contributed by atoms with Crippen LogP contribution in [0.15, 0.2) is 28.7 Å². The van der Waals surface area contributed by atoms with Gasteiger partial charge >= 0.3 is 0 Å². The predicted molar refractivity (Wildman–Crippen MR) is 84.2 cm³/mol. The van der Waals surface area contributed by atoms with Gasteiger partial charge in [-0.05, 0) is 38.6 Å². The van der Waals surface area contributed by atoms with Gasteiger partial charge in [-0.15, -0.1) is 0 Å². The molecule has 0 aliphatic carbocycles. The maximum atomic E-state index is 6.28. The summed E-state index contributed by atoms with van der Waals surface area (Å²) in [5, 5.41) is 0. The van der Waals surface area contributed by atoms with Gasteiger partial charge in [-0.2, -0.15) is 0 Å². The third kappa shape index (κ3) is 3.57. The van der Waals surface area contributed by atoms with Crippen LogP contribution in [-0.4, -0.2) is 48.6 Å². The molecular formula is C15H24BrN3. The minimum absolute atomic E-state index is 0.125. The fraction of sp³-hybridized carbons (Fsp3) is 0.600. The van der Waals surface area contributed by atoms with E-state index >= 15 is 0 Å². The van der Waals surface area contributed by atoms with Gasteiger partial charge in [0.05, 0.1) is 6.04 Å². The van der Waals surface area contributed by atoms with E-state index in [9.17, 15) is 0 Å². The first-order chi connectivity index (χ1) is 8.99. The highest BCUT2D eigenvalue weighted by molar-refractivity contribution is 9.10. The highest BCUT2D eigenvalue weighted by Crippen LogP contribution is 2.29. The molecule has 0 bridgehead atoms. The molecule has 3 unspecified atom stereocenters. The number of hydrogen-bond acceptors (Lipinski definition) is 3. The number of benzene rings is 1. The average Bonchev–Trinajstić information content (AvgIpc) is 2.32. The molecule has 0 saturated carbocycles. The van der Waals surface area contributed by atoms with Gasteiger partial charge < -0.3 is 10.6 Å². The Morgan fingerprint density at radius 3 is 2.68 bits per heavy atom. The van der Waals surface area contributed by atoms with E-state index < -0.39 is 0 Å². The molecule has 4 heteroatoms. The van der Waals surface area contributed by atoms with Gasteiger partial charge in [0.25, 0.3) is 0 Å². The quantitative estimate of drug-likeness (QED) is 0.926. The molecule has 3 nitrogen and oxygen atoms in total. The van der Waals surface area contributed by atoms with Gasteiger partial charge in [-0.1, -0.05) is 28.1 Å². The summed E-state index contributed by atoms with van der Waals surface area (Å²) in [5.41, 5.74) is 7.58. The van der Waals surface area contributed by atoms with Crippen LogP contribution >= 0.6 is 15.9 Å². The van der Waals surface area contributed by atoms with Gasteiger partial charge in [0.2, 0.25) is 0 Å². The van der Waals surface area contributed by atoms with Crippen molar-refractivity contribution in [2.75, 3.05) is 26.7 Å². The molecule has 0 radical (unpaired) electrons.